The van der Waals surface area contributed by atoms with Gasteiger partial charge in [-0.3, -0.25) is 9.59 Å². The van der Waals surface area contributed by atoms with Gasteiger partial charge >= 0.3 is 0 Å². The van der Waals surface area contributed by atoms with Gasteiger partial charge < -0.3 is 30.4 Å². The van der Waals surface area contributed by atoms with Crippen LogP contribution in [0.5, 0.6) is 11.5 Å². The lowest BCUT2D eigenvalue weighted by Crippen LogP contribution is -2.18. The van der Waals surface area contributed by atoms with Crippen LogP contribution in [-0.2, 0) is 11.4 Å². The van der Waals surface area contributed by atoms with E-state index >= 15 is 0 Å². The number of nitrogens with one attached hydrogen (secondary N) is 4. The lowest BCUT2D eigenvalue weighted by Gasteiger charge is -2.23. The highest BCUT2D eigenvalue weighted by Crippen LogP contribution is 2.44. The zero-order valence-corrected chi connectivity index (χ0v) is 18.1. The number of phenols is 1. The molecule has 10 heteroatoms. The molecule has 0 aliphatic carbocycles. The smallest absolute Gasteiger partial charge is 0.261 e. The van der Waals surface area contributed by atoms with Crippen molar-refractivity contribution in [2.45, 2.75) is 6.61 Å². The Morgan fingerprint density at radius 3 is 3.03 bits per heavy atom. The summed E-state index contributed by atoms with van der Waals surface area (Å²) in [5, 5.41) is 20.9. The summed E-state index contributed by atoms with van der Waals surface area (Å²) in [7, 11) is 1.80. The number of amides is 1. The average Bonchev–Trinajstić information content (AvgIpc) is 3.35. The van der Waals surface area contributed by atoms with E-state index in [1.807, 2.05) is 12.1 Å². The van der Waals surface area contributed by atoms with Gasteiger partial charge in [-0.05, 0) is 25.2 Å². The molecule has 5 N–H and O–H groups in total. The number of ether oxygens (including phenoxy) is 1. The zero-order chi connectivity index (χ0) is 23.4. The molecule has 0 radical (unpaired) electrons. The molecule has 3 aromatic heterocycles. The second-order valence-corrected chi connectivity index (χ2v) is 8.04. The maximum absolute atomic E-state index is 13.0. The first-order valence-corrected chi connectivity index (χ1v) is 10.7. The number of aromatic amines is 2. The van der Waals surface area contributed by atoms with Gasteiger partial charge in [0.15, 0.2) is 5.75 Å². The van der Waals surface area contributed by atoms with Crippen LogP contribution in [0.1, 0.15) is 5.69 Å². The number of carbonyl (C=O) groups excluding carboxylic acids is 1. The highest BCUT2D eigenvalue weighted by molar-refractivity contribution is 6.07. The number of para-hydroxylation sites is 1. The predicted octanol–water partition coefficient (Wildman–Crippen LogP) is 2.64. The normalized spacial score (nSPS) is 12.9. The van der Waals surface area contributed by atoms with Crippen LogP contribution in [0, 0.1) is 0 Å². The Labute approximate surface area is 191 Å². The van der Waals surface area contributed by atoms with E-state index in [1.54, 1.807) is 41.9 Å². The lowest BCUT2D eigenvalue weighted by atomic mass is 9.98. The SMILES string of the molecule is CNC/C=C/C(=O)Nc1cccc2c1OCc1[nH]c(=O)c3c(nn4c5cc(O)ccc5[nH]c34)c1-2. The first-order valence-electron chi connectivity index (χ1n) is 10.7. The van der Waals surface area contributed by atoms with Gasteiger partial charge in [0, 0.05) is 29.8 Å². The Kier molecular flexibility index (Phi) is 4.42. The molecule has 10 nitrogen and oxygen atoms in total. The molecule has 5 aromatic rings. The Hall–Kier alpha value is -4.57. The first kappa shape index (κ1) is 20.1. The first-order chi connectivity index (χ1) is 16.5. The molecule has 170 valence electrons. The van der Waals surface area contributed by atoms with Gasteiger partial charge in [0.25, 0.3) is 5.56 Å². The summed E-state index contributed by atoms with van der Waals surface area (Å²) in [6.45, 7) is 0.707. The van der Waals surface area contributed by atoms with Crippen LogP contribution in [0.15, 0.2) is 53.3 Å². The number of rotatable bonds is 4. The second-order valence-electron chi connectivity index (χ2n) is 8.04. The van der Waals surface area contributed by atoms with Gasteiger partial charge in [0.2, 0.25) is 5.91 Å². The quantitative estimate of drug-likeness (QED) is 0.264. The summed E-state index contributed by atoms with van der Waals surface area (Å²) >= 11 is 0. The largest absolute Gasteiger partial charge is 0.508 e. The number of anilines is 1. The Balaban J connectivity index is 1.55. The second kappa shape index (κ2) is 7.49. The van der Waals surface area contributed by atoms with Gasteiger partial charge in [-0.2, -0.15) is 5.10 Å². The van der Waals surface area contributed by atoms with E-state index < -0.39 is 0 Å². The van der Waals surface area contributed by atoms with Crippen molar-refractivity contribution in [3.8, 4) is 22.6 Å². The minimum atomic E-state index is -0.286. The number of hydrogen-bond donors (Lipinski definition) is 5. The molecule has 0 fully saturated rings. The van der Waals surface area contributed by atoms with Crippen molar-refractivity contribution in [2.24, 2.45) is 0 Å². The van der Waals surface area contributed by atoms with Gasteiger partial charge in [0.05, 0.1) is 22.4 Å². The number of aromatic hydroxyl groups is 1. The monoisotopic (exact) mass is 456 g/mol. The highest BCUT2D eigenvalue weighted by atomic mass is 16.5. The molecule has 0 bridgehead atoms. The number of imidazole rings is 1. The summed E-state index contributed by atoms with van der Waals surface area (Å²) < 4.78 is 7.58. The van der Waals surface area contributed by atoms with Gasteiger partial charge in [-0.25, -0.2) is 4.52 Å². The average molecular weight is 456 g/mol. The van der Waals surface area contributed by atoms with E-state index in [9.17, 15) is 14.7 Å². The van der Waals surface area contributed by atoms with Crippen LogP contribution in [0.4, 0.5) is 5.69 Å². The maximum atomic E-state index is 13.0. The molecule has 0 saturated carbocycles. The van der Waals surface area contributed by atoms with E-state index in [4.69, 9.17) is 9.84 Å². The van der Waals surface area contributed by atoms with Crippen molar-refractivity contribution >= 4 is 39.2 Å². The highest BCUT2D eigenvalue weighted by Gasteiger charge is 2.27. The van der Waals surface area contributed by atoms with Crippen molar-refractivity contribution in [3.63, 3.8) is 0 Å². The number of benzene rings is 2. The van der Waals surface area contributed by atoms with Crippen LogP contribution < -0.4 is 20.9 Å². The summed E-state index contributed by atoms with van der Waals surface area (Å²) in [5.74, 6) is 0.343. The molecule has 34 heavy (non-hydrogen) atoms. The summed E-state index contributed by atoms with van der Waals surface area (Å²) in [6, 6.07) is 10.4. The predicted molar refractivity (Wildman–Crippen MR) is 128 cm³/mol. The van der Waals surface area contributed by atoms with E-state index in [-0.39, 0.29) is 23.8 Å². The maximum Gasteiger partial charge on any atom is 0.261 e. The van der Waals surface area contributed by atoms with Crippen LogP contribution >= 0.6 is 0 Å². The Morgan fingerprint density at radius 1 is 1.29 bits per heavy atom. The molecule has 6 rings (SSSR count). The van der Waals surface area contributed by atoms with Crippen molar-refractivity contribution in [2.75, 3.05) is 18.9 Å². The van der Waals surface area contributed by atoms with Gasteiger partial charge in [-0.1, -0.05) is 18.2 Å². The molecule has 0 saturated heterocycles. The standard InChI is InChI=1S/C24H20N6O4/c1-25-9-3-6-18(32)26-15-5-2-4-13-19-16(11-34-22(13)15)28-24(33)20-21(19)29-30-17-10-12(31)7-8-14(17)27-23(20)30/h2-8,10,25,27,31H,9,11H2,1H3,(H,26,32)(H,28,33)/b6-3+. The fourth-order valence-electron chi connectivity index (χ4n) is 4.42. The Bertz CT molecular complexity index is 1710. The van der Waals surface area contributed by atoms with E-state index in [0.717, 1.165) is 11.1 Å². The summed E-state index contributed by atoms with van der Waals surface area (Å²) in [4.78, 5) is 31.5. The number of aromatic nitrogens is 4. The van der Waals surface area contributed by atoms with Crippen LogP contribution in [0.25, 0.3) is 38.7 Å². The van der Waals surface area contributed by atoms with Gasteiger partial charge in [-0.15, -0.1) is 0 Å². The number of likely N-dealkylation sites (N-methyl/N-ethyl adjacent to an activating group) is 1. The van der Waals surface area contributed by atoms with Crippen molar-refractivity contribution < 1.29 is 14.6 Å². The lowest BCUT2D eigenvalue weighted by molar-refractivity contribution is -0.111. The topological polar surface area (TPSA) is 137 Å². The number of phenolic OH excluding ortho intramolecular Hbond substituents is 1. The number of hydrogen-bond acceptors (Lipinski definition) is 6. The van der Waals surface area contributed by atoms with Crippen LogP contribution in [-0.4, -0.2) is 44.2 Å². The molecular formula is C24H20N6O4. The molecule has 1 aliphatic heterocycles. The molecule has 0 atom stereocenters. The number of carbonyl (C=O) groups is 1. The minimum absolute atomic E-state index is 0.104. The van der Waals surface area contributed by atoms with Crippen LogP contribution in [0.2, 0.25) is 0 Å². The zero-order valence-electron chi connectivity index (χ0n) is 18.1. The van der Waals surface area contributed by atoms with E-state index in [0.29, 0.717) is 51.3 Å². The molecular weight excluding hydrogens is 436 g/mol. The molecule has 1 amide bonds. The summed E-state index contributed by atoms with van der Waals surface area (Å²) in [5.41, 5.74) is 4.75. The fraction of sp³-hybridized carbons (Fsp3) is 0.125. The number of pyridine rings is 1. The van der Waals surface area contributed by atoms with E-state index in [2.05, 4.69) is 20.6 Å². The third kappa shape index (κ3) is 2.96. The van der Waals surface area contributed by atoms with E-state index in [1.165, 1.54) is 6.08 Å². The molecule has 0 unspecified atom stereocenters. The fourth-order valence-corrected chi connectivity index (χ4v) is 4.42. The molecule has 2 aromatic carbocycles. The van der Waals surface area contributed by atoms with Crippen molar-refractivity contribution in [1.82, 2.24) is 24.9 Å². The number of H-pyrrole nitrogens is 2. The van der Waals surface area contributed by atoms with Crippen LogP contribution in [0.3, 0.4) is 0 Å². The Morgan fingerprint density at radius 2 is 2.18 bits per heavy atom. The van der Waals surface area contributed by atoms with Crippen molar-refractivity contribution in [3.05, 3.63) is 64.6 Å². The van der Waals surface area contributed by atoms with Gasteiger partial charge in [0.1, 0.15) is 28.9 Å². The van der Waals surface area contributed by atoms with Crippen molar-refractivity contribution in [1.29, 1.82) is 0 Å². The summed E-state index contributed by atoms with van der Waals surface area (Å²) in [6.07, 6.45) is 3.19. The molecule has 4 heterocycles. The minimum Gasteiger partial charge on any atom is -0.508 e. The number of fused-ring (bicyclic) bond motifs is 9. The number of nitrogens with zero attached hydrogens (tertiary/aromatic N) is 2. The third-order valence-corrected chi connectivity index (χ3v) is 5.87. The third-order valence-electron chi connectivity index (χ3n) is 5.87. The molecule has 0 spiro atoms. The molecule has 1 aliphatic rings.